The van der Waals surface area contributed by atoms with Gasteiger partial charge in [0.2, 0.25) is 5.91 Å². The first-order valence-electron chi connectivity index (χ1n) is 8.47. The molecule has 0 unspecified atom stereocenters. The van der Waals surface area contributed by atoms with E-state index in [1.54, 1.807) is 42.3 Å². The minimum absolute atomic E-state index is 0.00157. The number of hydrogen-bond acceptors (Lipinski definition) is 4. The molecule has 1 aliphatic heterocycles. The van der Waals surface area contributed by atoms with Gasteiger partial charge in [-0.15, -0.1) is 0 Å². The summed E-state index contributed by atoms with van der Waals surface area (Å²) in [6.07, 6.45) is 1.17. The molecule has 138 valence electrons. The number of aryl methyl sites for hydroxylation is 1. The summed E-state index contributed by atoms with van der Waals surface area (Å²) in [4.78, 5) is 13.5. The summed E-state index contributed by atoms with van der Waals surface area (Å²) in [5.41, 5.74) is 2.83. The summed E-state index contributed by atoms with van der Waals surface area (Å²) in [5.74, 6) is 0.684. The first-order chi connectivity index (χ1) is 12.3. The lowest BCUT2D eigenvalue weighted by molar-refractivity contribution is -0.117. The third-order valence-electron chi connectivity index (χ3n) is 4.33. The molecule has 1 amide bonds. The van der Waals surface area contributed by atoms with Gasteiger partial charge in [-0.3, -0.25) is 9.52 Å². The lowest BCUT2D eigenvalue weighted by Gasteiger charge is -2.13. The predicted molar refractivity (Wildman–Crippen MR) is 101 cm³/mol. The molecule has 26 heavy (non-hydrogen) atoms. The third-order valence-corrected chi connectivity index (χ3v) is 5.71. The smallest absolute Gasteiger partial charge is 0.261 e. The van der Waals surface area contributed by atoms with Crippen molar-refractivity contribution < 1.29 is 17.9 Å². The zero-order chi connectivity index (χ0) is 18.9. The maximum absolute atomic E-state index is 12.7. The molecule has 6 nitrogen and oxygen atoms in total. The van der Waals surface area contributed by atoms with Crippen LogP contribution in [0.3, 0.4) is 0 Å². The van der Waals surface area contributed by atoms with E-state index in [0.717, 1.165) is 23.2 Å². The van der Waals surface area contributed by atoms with Crippen molar-refractivity contribution in [3.05, 3.63) is 47.5 Å². The topological polar surface area (TPSA) is 75.7 Å². The van der Waals surface area contributed by atoms with E-state index in [2.05, 4.69) is 4.72 Å². The molecule has 0 radical (unpaired) electrons. The molecule has 7 heteroatoms. The van der Waals surface area contributed by atoms with Crippen molar-refractivity contribution >= 4 is 27.3 Å². The van der Waals surface area contributed by atoms with Crippen LogP contribution in [0.4, 0.5) is 11.4 Å². The summed E-state index contributed by atoms with van der Waals surface area (Å²) in [6.45, 7) is 4.42. The number of likely N-dealkylation sites (N-methyl/N-ethyl adjacent to an activating group) is 1. The van der Waals surface area contributed by atoms with Crippen molar-refractivity contribution in [1.82, 2.24) is 0 Å². The Morgan fingerprint density at radius 2 is 1.96 bits per heavy atom. The maximum Gasteiger partial charge on any atom is 0.261 e. The molecule has 0 atom stereocenters. The van der Waals surface area contributed by atoms with E-state index >= 15 is 0 Å². The average molecular weight is 374 g/mol. The number of hydrogen-bond donors (Lipinski definition) is 1. The number of carbonyl (C=O) groups is 1. The van der Waals surface area contributed by atoms with Gasteiger partial charge in [0.25, 0.3) is 10.0 Å². The Morgan fingerprint density at radius 3 is 2.65 bits per heavy atom. The van der Waals surface area contributed by atoms with Crippen molar-refractivity contribution in [2.24, 2.45) is 0 Å². The Hall–Kier alpha value is -2.54. The summed E-state index contributed by atoms with van der Waals surface area (Å²) in [5, 5.41) is 0. The van der Waals surface area contributed by atoms with Crippen LogP contribution in [0.1, 0.15) is 24.5 Å². The van der Waals surface area contributed by atoms with E-state index < -0.39 is 10.0 Å². The molecule has 2 aromatic rings. The number of fused-ring (bicyclic) bond motifs is 1. The number of carbonyl (C=O) groups excluding carboxylic acids is 1. The van der Waals surface area contributed by atoms with E-state index in [1.807, 2.05) is 13.8 Å². The molecular formula is C19H22N2O4S. The molecule has 3 rings (SSSR count). The fraction of sp³-hybridized carbons (Fsp3) is 0.316. The van der Waals surface area contributed by atoms with E-state index in [0.29, 0.717) is 18.0 Å². The minimum atomic E-state index is -3.72. The Balaban J connectivity index is 1.83. The van der Waals surface area contributed by atoms with Crippen molar-refractivity contribution in [3.63, 3.8) is 0 Å². The molecule has 0 fully saturated rings. The lowest BCUT2D eigenvalue weighted by atomic mass is 10.1. The van der Waals surface area contributed by atoms with Gasteiger partial charge in [-0.1, -0.05) is 6.92 Å². The second-order valence-corrected chi connectivity index (χ2v) is 8.04. The van der Waals surface area contributed by atoms with E-state index in [4.69, 9.17) is 4.74 Å². The number of rotatable bonds is 6. The van der Waals surface area contributed by atoms with Gasteiger partial charge in [0.1, 0.15) is 5.75 Å². The Labute approximate surface area is 153 Å². The van der Waals surface area contributed by atoms with Crippen LogP contribution < -0.4 is 14.4 Å². The number of nitrogens with one attached hydrogen (secondary N) is 1. The van der Waals surface area contributed by atoms with Crippen molar-refractivity contribution in [2.75, 3.05) is 23.3 Å². The molecular weight excluding hydrogens is 352 g/mol. The fourth-order valence-electron chi connectivity index (χ4n) is 2.91. The lowest BCUT2D eigenvalue weighted by Crippen LogP contribution is -2.20. The second-order valence-electron chi connectivity index (χ2n) is 6.35. The molecule has 0 spiro atoms. The monoisotopic (exact) mass is 374 g/mol. The largest absolute Gasteiger partial charge is 0.493 e. The van der Waals surface area contributed by atoms with Gasteiger partial charge in [0.15, 0.2) is 0 Å². The molecule has 0 aliphatic carbocycles. The number of ether oxygens (including phenoxy) is 1. The first-order valence-corrected chi connectivity index (χ1v) is 9.96. The van der Waals surface area contributed by atoms with Gasteiger partial charge in [-0.05, 0) is 60.9 Å². The zero-order valence-electron chi connectivity index (χ0n) is 15.1. The number of nitrogens with zero attached hydrogens (tertiary/aromatic N) is 1. The Morgan fingerprint density at radius 1 is 1.19 bits per heavy atom. The maximum atomic E-state index is 12.7. The van der Waals surface area contributed by atoms with Gasteiger partial charge in [0.05, 0.1) is 17.9 Å². The molecule has 1 heterocycles. The predicted octanol–water partition coefficient (Wildman–Crippen LogP) is 3.10. The van der Waals surface area contributed by atoms with E-state index in [9.17, 15) is 13.2 Å². The minimum Gasteiger partial charge on any atom is -0.493 e. The average Bonchev–Trinajstić information content (AvgIpc) is 2.87. The molecule has 1 N–H and O–H groups in total. The standard InChI is InChI=1S/C19H22N2O4S/c1-4-9-25-18-8-6-16(10-13(18)2)26(23,24)20-15-5-7-17-14(11-15)12-19(22)21(17)3/h5-8,10-11,20H,4,9,12H2,1-3H3. The summed E-state index contributed by atoms with van der Waals surface area (Å²) in [7, 11) is -2.01. The van der Waals surface area contributed by atoms with Crippen molar-refractivity contribution in [2.45, 2.75) is 31.6 Å². The second kappa shape index (κ2) is 6.99. The summed E-state index contributed by atoms with van der Waals surface area (Å²) in [6, 6.07) is 9.93. The normalized spacial score (nSPS) is 13.7. The SMILES string of the molecule is CCCOc1ccc(S(=O)(=O)Nc2ccc3c(c2)CC(=O)N3C)cc1C. The van der Waals surface area contributed by atoms with Crippen molar-refractivity contribution in [1.29, 1.82) is 0 Å². The van der Waals surface area contributed by atoms with Gasteiger partial charge in [0, 0.05) is 18.4 Å². The van der Waals surface area contributed by atoms with Crippen molar-refractivity contribution in [3.8, 4) is 5.75 Å². The van der Waals surface area contributed by atoms with E-state index in [1.165, 1.54) is 6.07 Å². The zero-order valence-corrected chi connectivity index (χ0v) is 15.9. The summed E-state index contributed by atoms with van der Waals surface area (Å²) < 4.78 is 33.5. The molecule has 0 saturated carbocycles. The van der Waals surface area contributed by atoms with Crippen LogP contribution in [0.25, 0.3) is 0 Å². The highest BCUT2D eigenvalue weighted by Crippen LogP contribution is 2.31. The molecule has 0 bridgehead atoms. The molecule has 0 aromatic heterocycles. The highest BCUT2D eigenvalue weighted by atomic mass is 32.2. The highest BCUT2D eigenvalue weighted by molar-refractivity contribution is 7.92. The number of benzene rings is 2. The van der Waals surface area contributed by atoms with Crippen LogP contribution in [0.15, 0.2) is 41.3 Å². The van der Waals surface area contributed by atoms with Crippen LogP contribution in [-0.2, 0) is 21.2 Å². The first kappa shape index (κ1) is 18.3. The third kappa shape index (κ3) is 3.53. The van der Waals surface area contributed by atoms with Gasteiger partial charge >= 0.3 is 0 Å². The van der Waals surface area contributed by atoms with Crippen LogP contribution in [0.2, 0.25) is 0 Å². The van der Waals surface area contributed by atoms with Crippen LogP contribution in [-0.4, -0.2) is 28.0 Å². The number of anilines is 2. The summed E-state index contributed by atoms with van der Waals surface area (Å²) >= 11 is 0. The molecule has 1 aliphatic rings. The Kier molecular flexibility index (Phi) is 4.91. The quantitative estimate of drug-likeness (QED) is 0.843. The Bertz CT molecular complexity index is 954. The molecule has 2 aromatic carbocycles. The van der Waals surface area contributed by atoms with Gasteiger partial charge in [-0.25, -0.2) is 8.42 Å². The number of sulfonamides is 1. The number of amides is 1. The van der Waals surface area contributed by atoms with Gasteiger partial charge in [-0.2, -0.15) is 0 Å². The van der Waals surface area contributed by atoms with Crippen LogP contribution >= 0.6 is 0 Å². The van der Waals surface area contributed by atoms with Crippen LogP contribution in [0, 0.1) is 6.92 Å². The van der Waals surface area contributed by atoms with E-state index in [-0.39, 0.29) is 17.2 Å². The molecule has 0 saturated heterocycles. The van der Waals surface area contributed by atoms with Gasteiger partial charge < -0.3 is 9.64 Å². The fourth-order valence-corrected chi connectivity index (χ4v) is 4.04. The van der Waals surface area contributed by atoms with Crippen LogP contribution in [0.5, 0.6) is 5.75 Å². The highest BCUT2D eigenvalue weighted by Gasteiger charge is 2.25.